The lowest BCUT2D eigenvalue weighted by molar-refractivity contribution is 0.461. The molecule has 0 atom stereocenters. The van der Waals surface area contributed by atoms with Crippen molar-refractivity contribution in [2.75, 3.05) is 10.6 Å². The van der Waals surface area contributed by atoms with Gasteiger partial charge in [-0.15, -0.1) is 5.10 Å². The number of nitrogens with one attached hydrogen (secondary N) is 2. The molecule has 2 N–H and O–H groups in total. The molecule has 1 heterocycles. The second-order valence-electron chi connectivity index (χ2n) is 5.92. The van der Waals surface area contributed by atoms with Crippen LogP contribution in [0, 0.1) is 6.92 Å². The minimum Gasteiger partial charge on any atom is -0.366 e. The molecule has 1 aromatic heterocycles. The van der Waals surface area contributed by atoms with Crippen molar-refractivity contribution in [1.82, 2.24) is 15.2 Å². The van der Waals surface area contributed by atoms with E-state index in [0.717, 1.165) is 5.82 Å². The Balaban J connectivity index is 1.60. The van der Waals surface area contributed by atoms with Gasteiger partial charge in [-0.1, -0.05) is 43.5 Å². The predicted octanol–water partition coefficient (Wildman–Crippen LogP) is 3.54. The van der Waals surface area contributed by atoms with Gasteiger partial charge in [0.05, 0.1) is 6.20 Å². The molecule has 5 nitrogen and oxygen atoms in total. The molecule has 5 heteroatoms. The Hall–Kier alpha value is -2.17. The summed E-state index contributed by atoms with van der Waals surface area (Å²) in [6.07, 6.45) is 8.09. The van der Waals surface area contributed by atoms with Crippen LogP contribution < -0.4 is 10.6 Å². The van der Waals surface area contributed by atoms with Gasteiger partial charge in [0, 0.05) is 12.6 Å². The number of aromatic nitrogens is 3. The maximum absolute atomic E-state index is 4.52. The van der Waals surface area contributed by atoms with E-state index in [0.29, 0.717) is 18.5 Å². The fraction of sp³-hybridized carbons (Fsp3) is 0.471. The van der Waals surface area contributed by atoms with Crippen molar-refractivity contribution in [3.05, 3.63) is 41.6 Å². The maximum Gasteiger partial charge on any atom is 0.244 e. The third-order valence-corrected chi connectivity index (χ3v) is 4.21. The summed E-state index contributed by atoms with van der Waals surface area (Å²) in [5.41, 5.74) is 2.51. The van der Waals surface area contributed by atoms with Crippen LogP contribution in [0.2, 0.25) is 0 Å². The van der Waals surface area contributed by atoms with Crippen molar-refractivity contribution >= 4 is 11.8 Å². The zero-order valence-corrected chi connectivity index (χ0v) is 13.0. The summed E-state index contributed by atoms with van der Waals surface area (Å²) in [4.78, 5) is 4.52. The Bertz CT molecular complexity index is 608. The Labute approximate surface area is 131 Å². The Morgan fingerprint density at radius 2 is 1.95 bits per heavy atom. The van der Waals surface area contributed by atoms with E-state index in [-0.39, 0.29) is 0 Å². The second-order valence-corrected chi connectivity index (χ2v) is 5.92. The van der Waals surface area contributed by atoms with Crippen molar-refractivity contribution in [3.63, 3.8) is 0 Å². The fourth-order valence-electron chi connectivity index (χ4n) is 2.89. The second kappa shape index (κ2) is 7.20. The molecule has 0 saturated heterocycles. The van der Waals surface area contributed by atoms with Crippen LogP contribution in [0.5, 0.6) is 0 Å². The predicted molar refractivity (Wildman–Crippen MR) is 88.8 cm³/mol. The van der Waals surface area contributed by atoms with Gasteiger partial charge in [-0.3, -0.25) is 0 Å². The normalized spacial score (nSPS) is 15.5. The quantitative estimate of drug-likeness (QED) is 0.884. The van der Waals surface area contributed by atoms with Gasteiger partial charge < -0.3 is 10.6 Å². The molecule has 0 spiro atoms. The summed E-state index contributed by atoms with van der Waals surface area (Å²) in [7, 11) is 0. The van der Waals surface area contributed by atoms with Crippen molar-refractivity contribution in [2.45, 2.75) is 51.6 Å². The fourth-order valence-corrected chi connectivity index (χ4v) is 2.89. The first-order valence-electron chi connectivity index (χ1n) is 8.06. The molecule has 0 amide bonds. The number of benzene rings is 1. The molecule has 0 bridgehead atoms. The molecule has 0 radical (unpaired) electrons. The van der Waals surface area contributed by atoms with Crippen molar-refractivity contribution < 1.29 is 0 Å². The van der Waals surface area contributed by atoms with E-state index < -0.39 is 0 Å². The van der Waals surface area contributed by atoms with Crippen molar-refractivity contribution in [1.29, 1.82) is 0 Å². The van der Waals surface area contributed by atoms with Gasteiger partial charge in [-0.05, 0) is 30.9 Å². The molecule has 1 fully saturated rings. The highest BCUT2D eigenvalue weighted by Gasteiger charge is 2.13. The Morgan fingerprint density at radius 1 is 1.14 bits per heavy atom. The van der Waals surface area contributed by atoms with Crippen LogP contribution >= 0.6 is 0 Å². The first-order chi connectivity index (χ1) is 10.8. The highest BCUT2D eigenvalue weighted by atomic mass is 15.3. The highest BCUT2D eigenvalue weighted by Crippen LogP contribution is 2.20. The molecule has 3 rings (SSSR count). The smallest absolute Gasteiger partial charge is 0.244 e. The molecule has 1 aromatic carbocycles. The lowest BCUT2D eigenvalue weighted by Gasteiger charge is -2.23. The number of nitrogens with zero attached hydrogens (tertiary/aromatic N) is 3. The van der Waals surface area contributed by atoms with Gasteiger partial charge in [0.1, 0.15) is 0 Å². The summed E-state index contributed by atoms with van der Waals surface area (Å²) in [5, 5.41) is 14.8. The SMILES string of the molecule is Cc1ccccc1CNc1nncc(NC2CCCCC2)n1. The summed E-state index contributed by atoms with van der Waals surface area (Å²) in [5.74, 6) is 1.39. The summed E-state index contributed by atoms with van der Waals surface area (Å²) in [6.45, 7) is 2.82. The third-order valence-electron chi connectivity index (χ3n) is 4.21. The zero-order valence-electron chi connectivity index (χ0n) is 13.0. The van der Waals surface area contributed by atoms with E-state index >= 15 is 0 Å². The Kier molecular flexibility index (Phi) is 4.83. The first-order valence-corrected chi connectivity index (χ1v) is 8.06. The van der Waals surface area contributed by atoms with Gasteiger partial charge >= 0.3 is 0 Å². The van der Waals surface area contributed by atoms with Crippen LogP contribution in [0.3, 0.4) is 0 Å². The molecule has 22 heavy (non-hydrogen) atoms. The van der Waals surface area contributed by atoms with Gasteiger partial charge in [0.15, 0.2) is 5.82 Å². The van der Waals surface area contributed by atoms with E-state index in [9.17, 15) is 0 Å². The minimum absolute atomic E-state index is 0.523. The summed E-state index contributed by atoms with van der Waals surface area (Å²) >= 11 is 0. The molecular formula is C17H23N5. The van der Waals surface area contributed by atoms with E-state index in [2.05, 4.69) is 44.9 Å². The number of aryl methyl sites for hydroxylation is 1. The van der Waals surface area contributed by atoms with Crippen LogP contribution in [0.15, 0.2) is 30.5 Å². The van der Waals surface area contributed by atoms with Gasteiger partial charge in [0.2, 0.25) is 5.95 Å². The molecule has 1 saturated carbocycles. The summed E-state index contributed by atoms with van der Waals surface area (Å²) < 4.78 is 0. The number of anilines is 2. The number of hydrogen-bond donors (Lipinski definition) is 2. The van der Waals surface area contributed by atoms with Crippen LogP contribution in [0.4, 0.5) is 11.8 Å². The van der Waals surface area contributed by atoms with Crippen molar-refractivity contribution in [2.24, 2.45) is 0 Å². The van der Waals surface area contributed by atoms with Crippen LogP contribution in [-0.4, -0.2) is 21.2 Å². The molecule has 1 aliphatic rings. The largest absolute Gasteiger partial charge is 0.366 e. The number of rotatable bonds is 5. The van der Waals surface area contributed by atoms with Crippen molar-refractivity contribution in [3.8, 4) is 0 Å². The maximum atomic E-state index is 4.52. The van der Waals surface area contributed by atoms with E-state index in [1.54, 1.807) is 6.20 Å². The van der Waals surface area contributed by atoms with E-state index in [4.69, 9.17) is 0 Å². The molecule has 0 unspecified atom stereocenters. The molecule has 116 valence electrons. The lowest BCUT2D eigenvalue weighted by Crippen LogP contribution is -2.23. The standard InChI is InChI=1S/C17H23N5/c1-13-7-5-6-8-14(13)11-18-17-21-16(12-19-22-17)20-15-9-3-2-4-10-15/h5-8,12,15H,2-4,9-11H2,1H3,(H2,18,20,21,22). The van der Waals surface area contributed by atoms with Gasteiger partial charge in [0.25, 0.3) is 0 Å². The molecular weight excluding hydrogens is 274 g/mol. The monoisotopic (exact) mass is 297 g/mol. The lowest BCUT2D eigenvalue weighted by atomic mass is 9.96. The van der Waals surface area contributed by atoms with Crippen LogP contribution in [-0.2, 0) is 6.54 Å². The Morgan fingerprint density at radius 3 is 2.77 bits per heavy atom. The van der Waals surface area contributed by atoms with E-state index in [1.165, 1.54) is 43.2 Å². The van der Waals surface area contributed by atoms with Crippen LogP contribution in [0.1, 0.15) is 43.2 Å². The molecule has 1 aliphatic carbocycles. The topological polar surface area (TPSA) is 62.7 Å². The first kappa shape index (κ1) is 14.8. The molecule has 0 aliphatic heterocycles. The third kappa shape index (κ3) is 3.93. The zero-order chi connectivity index (χ0) is 15.2. The van der Waals surface area contributed by atoms with Gasteiger partial charge in [-0.25, -0.2) is 0 Å². The summed E-state index contributed by atoms with van der Waals surface area (Å²) in [6, 6.07) is 8.84. The highest BCUT2D eigenvalue weighted by molar-refractivity contribution is 5.39. The van der Waals surface area contributed by atoms with Gasteiger partial charge in [-0.2, -0.15) is 10.1 Å². The van der Waals surface area contributed by atoms with Crippen LogP contribution in [0.25, 0.3) is 0 Å². The average Bonchev–Trinajstić information content (AvgIpc) is 2.55. The molecule has 2 aromatic rings. The number of hydrogen-bond acceptors (Lipinski definition) is 5. The average molecular weight is 297 g/mol. The minimum atomic E-state index is 0.523. The van der Waals surface area contributed by atoms with E-state index in [1.807, 2.05) is 12.1 Å².